The zero-order valence-electron chi connectivity index (χ0n) is 25.9. The van der Waals surface area contributed by atoms with Gasteiger partial charge in [0.2, 0.25) is 0 Å². The van der Waals surface area contributed by atoms with Crippen LogP contribution in [-0.2, 0) is 17.6 Å². The zero-order valence-corrected chi connectivity index (χ0v) is 27.4. The number of hydrogen-bond donors (Lipinski definition) is 5. The second-order valence-electron chi connectivity index (χ2n) is 12.0. The molecule has 13 nitrogen and oxygen atoms in total. The van der Waals surface area contributed by atoms with Crippen molar-refractivity contribution >= 4 is 40.2 Å². The SMILES string of the molecule is O=C(Oc1ccc(Cl)cc1)N1CCc2c([nH]c3ccc(Cl)cc23)[C@@H]1c1ccc(OCCc2cn(C3OC(CO)C(O)C(O)C3O)nn2)cc1. The molecule has 6 atom stereocenters. The van der Waals surface area contributed by atoms with Crippen molar-refractivity contribution in [2.24, 2.45) is 0 Å². The number of aliphatic hydroxyl groups is 4. The number of aliphatic hydroxyl groups excluding tert-OH is 4. The largest absolute Gasteiger partial charge is 0.493 e. The van der Waals surface area contributed by atoms with E-state index in [9.17, 15) is 25.2 Å². The molecule has 3 aromatic carbocycles. The highest BCUT2D eigenvalue weighted by atomic mass is 35.5. The predicted molar refractivity (Wildman–Crippen MR) is 178 cm³/mol. The summed E-state index contributed by atoms with van der Waals surface area (Å²) < 4.78 is 18.5. The summed E-state index contributed by atoms with van der Waals surface area (Å²) in [6, 6.07) is 19.3. The number of aromatic amines is 1. The Balaban J connectivity index is 1.06. The first kappa shape index (κ1) is 33.3. The van der Waals surface area contributed by atoms with Gasteiger partial charge in [-0.2, -0.15) is 0 Å². The molecule has 5 unspecified atom stereocenters. The van der Waals surface area contributed by atoms with Gasteiger partial charge in [0.15, 0.2) is 6.23 Å². The van der Waals surface area contributed by atoms with E-state index in [1.807, 2.05) is 42.5 Å². The Kier molecular flexibility index (Phi) is 9.48. The maximum absolute atomic E-state index is 13.6. The van der Waals surface area contributed by atoms with Gasteiger partial charge in [-0.25, -0.2) is 9.48 Å². The summed E-state index contributed by atoms with van der Waals surface area (Å²) in [5.41, 5.74) is 4.29. The van der Waals surface area contributed by atoms with Crippen LogP contribution in [0.1, 0.15) is 34.8 Å². The van der Waals surface area contributed by atoms with Crippen LogP contribution in [-0.4, -0.2) is 95.6 Å². The van der Waals surface area contributed by atoms with Crippen LogP contribution < -0.4 is 9.47 Å². The highest BCUT2D eigenvalue weighted by molar-refractivity contribution is 6.31. The molecule has 1 fully saturated rings. The molecule has 5 N–H and O–H groups in total. The Labute approximate surface area is 290 Å². The van der Waals surface area contributed by atoms with E-state index in [-0.39, 0.29) is 6.61 Å². The molecule has 1 amide bonds. The van der Waals surface area contributed by atoms with E-state index in [1.54, 1.807) is 35.4 Å². The minimum absolute atomic E-state index is 0.253. The van der Waals surface area contributed by atoms with Gasteiger partial charge >= 0.3 is 6.09 Å². The lowest BCUT2D eigenvalue weighted by atomic mass is 9.92. The van der Waals surface area contributed by atoms with E-state index in [1.165, 1.54) is 4.68 Å². The Morgan fingerprint density at radius 1 is 0.959 bits per heavy atom. The van der Waals surface area contributed by atoms with Crippen molar-refractivity contribution in [3.05, 3.63) is 105 Å². The number of rotatable bonds is 8. The summed E-state index contributed by atoms with van der Waals surface area (Å²) in [6.45, 7) is 0.133. The number of halogens is 2. The predicted octanol–water partition coefficient (Wildman–Crippen LogP) is 3.81. The Hall–Kier alpha value is -4.21. The number of hydrogen-bond acceptors (Lipinski definition) is 10. The highest BCUT2D eigenvalue weighted by Gasteiger charge is 2.44. The molecule has 0 radical (unpaired) electrons. The van der Waals surface area contributed by atoms with Crippen LogP contribution in [0.2, 0.25) is 10.0 Å². The van der Waals surface area contributed by atoms with Gasteiger partial charge in [0.1, 0.15) is 42.0 Å². The van der Waals surface area contributed by atoms with Crippen LogP contribution in [0, 0.1) is 0 Å². The number of ether oxygens (including phenoxy) is 3. The number of amides is 1. The highest BCUT2D eigenvalue weighted by Crippen LogP contribution is 2.40. The molecule has 2 aliphatic heterocycles. The van der Waals surface area contributed by atoms with Crippen LogP contribution in [0.15, 0.2) is 72.9 Å². The molecule has 49 heavy (non-hydrogen) atoms. The van der Waals surface area contributed by atoms with Crippen LogP contribution in [0.25, 0.3) is 10.9 Å². The van der Waals surface area contributed by atoms with E-state index >= 15 is 0 Å². The van der Waals surface area contributed by atoms with Gasteiger partial charge in [0.25, 0.3) is 0 Å². The fourth-order valence-corrected chi connectivity index (χ4v) is 6.64. The van der Waals surface area contributed by atoms with Gasteiger partial charge in [-0.15, -0.1) is 5.10 Å². The third-order valence-electron chi connectivity index (χ3n) is 8.85. The third kappa shape index (κ3) is 6.71. The smallest absolute Gasteiger partial charge is 0.416 e. The number of carbonyl (C=O) groups excluding carboxylic acids is 1. The summed E-state index contributed by atoms with van der Waals surface area (Å²) >= 11 is 12.4. The Bertz CT molecular complexity index is 1930. The lowest BCUT2D eigenvalue weighted by Gasteiger charge is -2.39. The maximum Gasteiger partial charge on any atom is 0.416 e. The van der Waals surface area contributed by atoms with E-state index in [0.29, 0.717) is 46.6 Å². The third-order valence-corrected chi connectivity index (χ3v) is 9.34. The molecule has 7 rings (SSSR count). The minimum atomic E-state index is -1.52. The summed E-state index contributed by atoms with van der Waals surface area (Å²) in [5, 5.41) is 50.3. The summed E-state index contributed by atoms with van der Waals surface area (Å²) in [6.07, 6.45) is -4.62. The van der Waals surface area contributed by atoms with Gasteiger partial charge in [-0.3, -0.25) is 4.90 Å². The van der Waals surface area contributed by atoms with Gasteiger partial charge < -0.3 is 39.6 Å². The average molecular weight is 711 g/mol. The molecule has 5 aromatic rings. The van der Waals surface area contributed by atoms with E-state index in [4.69, 9.17) is 37.4 Å². The first-order chi connectivity index (χ1) is 23.7. The molecular formula is C34H33Cl2N5O8. The quantitative estimate of drug-likeness (QED) is 0.159. The molecule has 0 spiro atoms. The fraction of sp³-hybridized carbons (Fsp3) is 0.324. The first-order valence-corrected chi connectivity index (χ1v) is 16.4. The van der Waals surface area contributed by atoms with E-state index < -0.39 is 49.4 Å². The first-order valence-electron chi connectivity index (χ1n) is 15.7. The summed E-state index contributed by atoms with van der Waals surface area (Å²) in [4.78, 5) is 18.8. The Morgan fingerprint density at radius 2 is 1.69 bits per heavy atom. The lowest BCUT2D eigenvalue weighted by Crippen LogP contribution is -2.56. The normalized spacial score (nSPS) is 23.8. The lowest BCUT2D eigenvalue weighted by molar-refractivity contribution is -0.254. The number of aromatic nitrogens is 4. The van der Waals surface area contributed by atoms with E-state index in [2.05, 4.69) is 15.3 Å². The van der Waals surface area contributed by atoms with Crippen LogP contribution in [0.5, 0.6) is 11.5 Å². The van der Waals surface area contributed by atoms with Crippen LogP contribution in [0.3, 0.4) is 0 Å². The standard InChI is InChI=1S/C34H33Cl2N5O8/c35-19-3-8-23(9-4-19)48-34(46)40-13-11-24-25-15-20(36)5-10-26(25)37-28(24)29(40)18-1-6-22(7-2-18)47-14-12-21-16-41(39-38-21)33-32(45)31(44)30(43)27(17-42)49-33/h1-10,15-16,27,29-33,37,42-45H,11-14,17H2/t27?,29-,30?,31?,32?,33?/m0/s1. The van der Waals surface area contributed by atoms with Crippen molar-refractivity contribution in [2.45, 2.75) is 49.5 Å². The molecular weight excluding hydrogens is 677 g/mol. The van der Waals surface area contributed by atoms with Crippen molar-refractivity contribution in [1.29, 1.82) is 0 Å². The van der Waals surface area contributed by atoms with Crippen molar-refractivity contribution in [3.63, 3.8) is 0 Å². The topological polar surface area (TPSA) is 175 Å². The van der Waals surface area contributed by atoms with Gasteiger partial charge in [0.05, 0.1) is 25.1 Å². The molecule has 256 valence electrons. The van der Waals surface area contributed by atoms with Crippen molar-refractivity contribution in [1.82, 2.24) is 24.9 Å². The van der Waals surface area contributed by atoms with Crippen molar-refractivity contribution in [3.8, 4) is 11.5 Å². The molecule has 2 aromatic heterocycles. The fourth-order valence-electron chi connectivity index (χ4n) is 6.34. The number of carbonyl (C=O) groups is 1. The second-order valence-corrected chi connectivity index (χ2v) is 12.8. The molecule has 4 heterocycles. The molecule has 0 bridgehead atoms. The second kappa shape index (κ2) is 14.0. The molecule has 1 saturated heterocycles. The van der Waals surface area contributed by atoms with Crippen LogP contribution in [0.4, 0.5) is 4.79 Å². The van der Waals surface area contributed by atoms with Crippen LogP contribution >= 0.6 is 23.2 Å². The number of benzene rings is 3. The minimum Gasteiger partial charge on any atom is -0.493 e. The average Bonchev–Trinajstić information content (AvgIpc) is 3.73. The molecule has 0 aliphatic carbocycles. The maximum atomic E-state index is 13.6. The molecule has 2 aliphatic rings. The van der Waals surface area contributed by atoms with Gasteiger partial charge in [-0.05, 0) is 72.1 Å². The number of nitrogens with one attached hydrogen (secondary N) is 1. The van der Waals surface area contributed by atoms with E-state index in [0.717, 1.165) is 27.7 Å². The Morgan fingerprint density at radius 3 is 2.45 bits per heavy atom. The zero-order chi connectivity index (χ0) is 34.2. The summed E-state index contributed by atoms with van der Waals surface area (Å²) in [5.74, 6) is 0.985. The molecule has 15 heteroatoms. The number of nitrogens with zero attached hydrogens (tertiary/aromatic N) is 4. The van der Waals surface area contributed by atoms with Crippen molar-refractivity contribution in [2.75, 3.05) is 19.8 Å². The van der Waals surface area contributed by atoms with Crippen molar-refractivity contribution < 1.29 is 39.4 Å². The summed E-state index contributed by atoms with van der Waals surface area (Å²) in [7, 11) is 0. The van der Waals surface area contributed by atoms with Gasteiger partial charge in [0, 0.05) is 39.6 Å². The number of H-pyrrole nitrogens is 1. The van der Waals surface area contributed by atoms with Gasteiger partial charge in [-0.1, -0.05) is 40.5 Å². The number of fused-ring (bicyclic) bond motifs is 3. The monoisotopic (exact) mass is 709 g/mol. The molecule has 0 saturated carbocycles.